The van der Waals surface area contributed by atoms with Crippen LogP contribution in [0.3, 0.4) is 0 Å². The number of nitrogens with one attached hydrogen (secondary N) is 1. The second kappa shape index (κ2) is 9.11. The molecule has 0 unspecified atom stereocenters. The Morgan fingerprint density at radius 1 is 1.18 bits per heavy atom. The number of aromatic nitrogens is 3. The zero-order valence-electron chi connectivity index (χ0n) is 18.2. The molecule has 1 aromatic carbocycles. The molecule has 1 aliphatic rings. The molecule has 176 valence electrons. The largest absolute Gasteiger partial charge is 0.481 e. The van der Waals surface area contributed by atoms with E-state index in [0.29, 0.717) is 48.1 Å². The van der Waals surface area contributed by atoms with Gasteiger partial charge in [-0.25, -0.2) is 23.1 Å². The minimum absolute atomic E-state index is 0.0705. The molecule has 0 radical (unpaired) electrons. The van der Waals surface area contributed by atoms with Crippen LogP contribution < -0.4 is 10.1 Å². The fourth-order valence-corrected chi connectivity index (χ4v) is 4.28. The lowest BCUT2D eigenvalue weighted by Gasteiger charge is -2.35. The number of halogens is 3. The number of fused-ring (bicyclic) bond motifs is 1. The smallest absolute Gasteiger partial charge is 0.266 e. The number of aliphatic hydroxyl groups excluding tert-OH is 1. The monoisotopic (exact) mass is 462 g/mol. The van der Waals surface area contributed by atoms with Crippen LogP contribution >= 0.6 is 0 Å². The first-order valence-electron chi connectivity index (χ1n) is 10.7. The third kappa shape index (κ3) is 4.45. The van der Waals surface area contributed by atoms with E-state index in [1.54, 1.807) is 13.0 Å². The van der Waals surface area contributed by atoms with Gasteiger partial charge in [-0.3, -0.25) is 0 Å². The van der Waals surface area contributed by atoms with Crippen molar-refractivity contribution in [2.45, 2.75) is 56.8 Å². The molecule has 0 saturated heterocycles. The van der Waals surface area contributed by atoms with Crippen molar-refractivity contribution < 1.29 is 28.1 Å². The molecule has 10 heteroatoms. The normalized spacial score (nSPS) is 21.9. The fraction of sp³-hybridized carbons (Fsp3) is 0.435. The SMILES string of the molecule is COc1nc2ncnc(N[C@H](C)c3cccc(C(F)F)c3F)c2cc1C1(O)CCC(O)CC1. The predicted molar refractivity (Wildman–Crippen MR) is 116 cm³/mol. The molecule has 1 aliphatic carbocycles. The lowest BCUT2D eigenvalue weighted by molar-refractivity contribution is -0.0377. The number of benzene rings is 1. The molecule has 3 aromatic rings. The number of ether oxygens (including phenoxy) is 1. The second-order valence-electron chi connectivity index (χ2n) is 8.32. The van der Waals surface area contributed by atoms with Crippen molar-refractivity contribution >= 4 is 16.9 Å². The molecule has 33 heavy (non-hydrogen) atoms. The number of hydrogen-bond acceptors (Lipinski definition) is 7. The quantitative estimate of drug-likeness (QED) is 0.499. The second-order valence-corrected chi connectivity index (χ2v) is 8.32. The average molecular weight is 462 g/mol. The van der Waals surface area contributed by atoms with Crippen LogP contribution in [0.15, 0.2) is 30.6 Å². The summed E-state index contributed by atoms with van der Waals surface area (Å²) in [6, 6.07) is 4.86. The minimum atomic E-state index is -2.92. The standard InChI is InChI=1S/C23H25F3N4O3/c1-12(14-4-3-5-15(18(14)24)19(25)26)29-20-16-10-17(23(32)8-6-13(31)7-9-23)22(33-2)30-21(16)28-11-27-20/h3-5,10-13,19,31-32H,6-9H2,1-2H3,(H,27,28,29,30)/t12-,13?,23?/m1/s1. The van der Waals surface area contributed by atoms with E-state index in [4.69, 9.17) is 4.74 Å². The summed E-state index contributed by atoms with van der Waals surface area (Å²) >= 11 is 0. The van der Waals surface area contributed by atoms with Gasteiger partial charge in [0.05, 0.1) is 35.8 Å². The molecule has 0 aliphatic heterocycles. The molecule has 1 atom stereocenters. The molecule has 3 N–H and O–H groups in total. The van der Waals surface area contributed by atoms with E-state index in [1.807, 2.05) is 0 Å². The highest BCUT2D eigenvalue weighted by molar-refractivity contribution is 5.87. The van der Waals surface area contributed by atoms with Crippen LogP contribution in [-0.2, 0) is 5.60 Å². The van der Waals surface area contributed by atoms with Gasteiger partial charge in [0.25, 0.3) is 6.43 Å². The van der Waals surface area contributed by atoms with Gasteiger partial charge in [0.15, 0.2) is 5.65 Å². The molecule has 0 amide bonds. The molecule has 4 rings (SSSR count). The van der Waals surface area contributed by atoms with E-state index in [-0.39, 0.29) is 11.4 Å². The first-order valence-corrected chi connectivity index (χ1v) is 10.7. The third-order valence-corrected chi connectivity index (χ3v) is 6.18. The summed E-state index contributed by atoms with van der Waals surface area (Å²) in [6.07, 6.45) is -0.584. The zero-order valence-corrected chi connectivity index (χ0v) is 18.2. The maximum atomic E-state index is 14.6. The number of methoxy groups -OCH3 is 1. The van der Waals surface area contributed by atoms with Crippen molar-refractivity contribution in [2.75, 3.05) is 12.4 Å². The van der Waals surface area contributed by atoms with E-state index in [1.165, 1.54) is 25.6 Å². The van der Waals surface area contributed by atoms with Gasteiger partial charge in [-0.05, 0) is 38.7 Å². The van der Waals surface area contributed by atoms with Gasteiger partial charge >= 0.3 is 0 Å². The van der Waals surface area contributed by atoms with Gasteiger partial charge in [0.1, 0.15) is 18.0 Å². The van der Waals surface area contributed by atoms with Gasteiger partial charge in [-0.15, -0.1) is 0 Å². The van der Waals surface area contributed by atoms with Crippen molar-refractivity contribution in [2.24, 2.45) is 0 Å². The van der Waals surface area contributed by atoms with Crippen molar-refractivity contribution in [1.82, 2.24) is 15.0 Å². The molecular weight excluding hydrogens is 437 g/mol. The van der Waals surface area contributed by atoms with E-state index in [0.717, 1.165) is 6.07 Å². The van der Waals surface area contributed by atoms with E-state index in [2.05, 4.69) is 20.3 Å². The number of pyridine rings is 1. The molecular formula is C23H25F3N4O3. The highest BCUT2D eigenvalue weighted by Crippen LogP contribution is 2.42. The van der Waals surface area contributed by atoms with Crippen LogP contribution in [0.25, 0.3) is 11.0 Å². The van der Waals surface area contributed by atoms with Crippen LogP contribution in [0.1, 0.15) is 61.8 Å². The average Bonchev–Trinajstić information content (AvgIpc) is 2.80. The minimum Gasteiger partial charge on any atom is -0.481 e. The van der Waals surface area contributed by atoms with Gasteiger partial charge < -0.3 is 20.3 Å². The maximum Gasteiger partial charge on any atom is 0.266 e. The Bertz CT molecular complexity index is 1150. The molecule has 0 bridgehead atoms. The van der Waals surface area contributed by atoms with Gasteiger partial charge in [0, 0.05) is 11.1 Å². The summed E-state index contributed by atoms with van der Waals surface area (Å²) < 4.78 is 46.3. The van der Waals surface area contributed by atoms with Gasteiger partial charge in [0.2, 0.25) is 5.88 Å². The number of aliphatic hydroxyl groups is 2. The summed E-state index contributed by atoms with van der Waals surface area (Å²) in [7, 11) is 1.44. The summed E-state index contributed by atoms with van der Waals surface area (Å²) in [5.41, 5.74) is -1.10. The summed E-state index contributed by atoms with van der Waals surface area (Å²) in [5, 5.41) is 24.7. The topological polar surface area (TPSA) is 100 Å². The van der Waals surface area contributed by atoms with Crippen LogP contribution in [0, 0.1) is 5.82 Å². The number of alkyl halides is 2. The number of hydrogen-bond donors (Lipinski definition) is 3. The summed E-state index contributed by atoms with van der Waals surface area (Å²) in [6.45, 7) is 1.63. The maximum absolute atomic E-state index is 14.6. The van der Waals surface area contributed by atoms with Crippen LogP contribution in [0.2, 0.25) is 0 Å². The molecule has 1 saturated carbocycles. The molecule has 2 aromatic heterocycles. The number of rotatable bonds is 6. The van der Waals surface area contributed by atoms with Crippen molar-refractivity contribution in [3.05, 3.63) is 53.1 Å². The zero-order chi connectivity index (χ0) is 23.8. The first-order chi connectivity index (χ1) is 15.7. The Labute approximate surface area is 188 Å². The highest BCUT2D eigenvalue weighted by atomic mass is 19.3. The lowest BCUT2D eigenvalue weighted by atomic mass is 9.78. The molecule has 2 heterocycles. The number of anilines is 1. The highest BCUT2D eigenvalue weighted by Gasteiger charge is 2.37. The first kappa shape index (κ1) is 23.2. The Morgan fingerprint density at radius 3 is 2.55 bits per heavy atom. The Hall–Kier alpha value is -2.98. The lowest BCUT2D eigenvalue weighted by Crippen LogP contribution is -2.34. The van der Waals surface area contributed by atoms with E-state index < -0.39 is 35.6 Å². The summed E-state index contributed by atoms with van der Waals surface area (Å²) in [4.78, 5) is 12.8. The van der Waals surface area contributed by atoms with E-state index in [9.17, 15) is 23.4 Å². The third-order valence-electron chi connectivity index (χ3n) is 6.18. The Kier molecular flexibility index (Phi) is 6.40. The number of nitrogens with zero attached hydrogens (tertiary/aromatic N) is 3. The molecule has 0 spiro atoms. The van der Waals surface area contributed by atoms with E-state index >= 15 is 0 Å². The predicted octanol–water partition coefficient (Wildman–Crippen LogP) is 4.41. The Morgan fingerprint density at radius 2 is 1.88 bits per heavy atom. The van der Waals surface area contributed by atoms with Crippen LogP contribution in [0.4, 0.5) is 19.0 Å². The molecule has 7 nitrogen and oxygen atoms in total. The fourth-order valence-electron chi connectivity index (χ4n) is 4.28. The molecule has 1 fully saturated rings. The van der Waals surface area contributed by atoms with Gasteiger partial charge in [-0.2, -0.15) is 4.98 Å². The van der Waals surface area contributed by atoms with Crippen molar-refractivity contribution in [3.63, 3.8) is 0 Å². The van der Waals surface area contributed by atoms with Crippen LogP contribution in [0.5, 0.6) is 5.88 Å². The van der Waals surface area contributed by atoms with Crippen molar-refractivity contribution in [3.8, 4) is 5.88 Å². The van der Waals surface area contributed by atoms with Gasteiger partial charge in [-0.1, -0.05) is 18.2 Å². The van der Waals surface area contributed by atoms with Crippen molar-refractivity contribution in [1.29, 1.82) is 0 Å². The summed E-state index contributed by atoms with van der Waals surface area (Å²) in [5.74, 6) is -0.443. The van der Waals surface area contributed by atoms with Crippen LogP contribution in [-0.4, -0.2) is 38.4 Å². The Balaban J connectivity index is 1.74.